The molecule has 0 aliphatic rings. The molecular formula is C30H21F6N7O4. The molecule has 0 atom stereocenters. The highest BCUT2D eigenvalue weighted by Gasteiger charge is 2.38. The first-order chi connectivity index (χ1) is 22.1. The number of anilines is 2. The van der Waals surface area contributed by atoms with Crippen LogP contribution in [0, 0.1) is 6.92 Å². The Balaban J connectivity index is 0.000000301. The number of nitrogens with one attached hydrogen (secondary N) is 1. The first kappa shape index (κ1) is 33.8. The standard InChI is InChI=1S/C26H19N7.2C2HF3O2/c1-17-29-16-33(32-17)21-11-9-20(10-12-21)30-26-28-14-19-6-4-8-23(25(19)31-26)24-15-27-13-18-5-2-3-7-22(18)24;2*3-2(4,5)1(6)7/h2-16H,1H3,(H,28,30,31);2*(H,6,7). The Labute approximate surface area is 260 Å². The van der Waals surface area contributed by atoms with Crippen LogP contribution in [0.5, 0.6) is 0 Å². The molecule has 0 radical (unpaired) electrons. The zero-order valence-electron chi connectivity index (χ0n) is 23.8. The van der Waals surface area contributed by atoms with Gasteiger partial charge in [-0.05, 0) is 36.6 Å². The molecule has 6 aromatic rings. The number of fused-ring (bicyclic) bond motifs is 2. The van der Waals surface area contributed by atoms with E-state index in [0.717, 1.165) is 50.0 Å². The minimum atomic E-state index is -5.08. The number of carbonyl (C=O) groups is 2. The number of hydrogen-bond donors (Lipinski definition) is 3. The van der Waals surface area contributed by atoms with Crippen molar-refractivity contribution in [1.82, 2.24) is 29.7 Å². The van der Waals surface area contributed by atoms with Gasteiger partial charge in [0.05, 0.1) is 11.2 Å². The van der Waals surface area contributed by atoms with Crippen LogP contribution >= 0.6 is 0 Å². The minimum Gasteiger partial charge on any atom is -0.475 e. The van der Waals surface area contributed by atoms with Gasteiger partial charge in [-0.3, -0.25) is 4.98 Å². The third-order valence-electron chi connectivity index (χ3n) is 6.05. The summed E-state index contributed by atoms with van der Waals surface area (Å²) in [6.07, 6.45) is -2.83. The third-order valence-corrected chi connectivity index (χ3v) is 6.05. The van der Waals surface area contributed by atoms with Gasteiger partial charge in [0.15, 0.2) is 0 Å². The molecule has 0 aliphatic carbocycles. The zero-order valence-corrected chi connectivity index (χ0v) is 23.8. The van der Waals surface area contributed by atoms with Crippen molar-refractivity contribution in [2.24, 2.45) is 0 Å². The van der Waals surface area contributed by atoms with Gasteiger partial charge in [-0.15, -0.1) is 0 Å². The van der Waals surface area contributed by atoms with Crippen LogP contribution in [-0.2, 0) is 9.59 Å². The van der Waals surface area contributed by atoms with Crippen LogP contribution in [0.4, 0.5) is 38.0 Å². The number of nitrogens with zero attached hydrogens (tertiary/aromatic N) is 6. The molecule has 0 aliphatic heterocycles. The number of benzene rings is 3. The number of halogens is 6. The number of aliphatic carboxylic acids is 2. The summed E-state index contributed by atoms with van der Waals surface area (Å²) in [5.41, 5.74) is 4.78. The lowest BCUT2D eigenvalue weighted by atomic mass is 9.99. The summed E-state index contributed by atoms with van der Waals surface area (Å²) in [7, 11) is 0. The van der Waals surface area contributed by atoms with Crippen molar-refractivity contribution in [3.8, 4) is 16.8 Å². The van der Waals surface area contributed by atoms with Gasteiger partial charge in [0.25, 0.3) is 0 Å². The van der Waals surface area contributed by atoms with Crippen molar-refractivity contribution in [3.05, 3.63) is 97.5 Å². The molecule has 3 N–H and O–H groups in total. The van der Waals surface area contributed by atoms with Gasteiger partial charge in [0.1, 0.15) is 12.2 Å². The van der Waals surface area contributed by atoms with E-state index in [1.54, 1.807) is 11.0 Å². The lowest BCUT2D eigenvalue weighted by Crippen LogP contribution is -2.21. The third kappa shape index (κ3) is 8.74. The van der Waals surface area contributed by atoms with Crippen molar-refractivity contribution in [3.63, 3.8) is 0 Å². The van der Waals surface area contributed by atoms with Crippen LogP contribution in [0.3, 0.4) is 0 Å². The molecular weight excluding hydrogens is 636 g/mol. The Morgan fingerprint density at radius 2 is 1.36 bits per heavy atom. The summed E-state index contributed by atoms with van der Waals surface area (Å²) in [6.45, 7) is 1.87. The maximum Gasteiger partial charge on any atom is 0.490 e. The average molecular weight is 658 g/mol. The first-order valence-corrected chi connectivity index (χ1v) is 13.1. The number of para-hydroxylation sites is 1. The molecule has 6 rings (SSSR count). The summed E-state index contributed by atoms with van der Waals surface area (Å²) in [5, 5.41) is 25.1. The molecule has 47 heavy (non-hydrogen) atoms. The van der Waals surface area contributed by atoms with Crippen molar-refractivity contribution in [1.29, 1.82) is 0 Å². The Bertz CT molecular complexity index is 2000. The molecule has 0 unspecified atom stereocenters. The molecule has 0 bridgehead atoms. The monoisotopic (exact) mass is 657 g/mol. The molecule has 0 fully saturated rings. The molecule has 0 saturated heterocycles. The van der Waals surface area contributed by atoms with E-state index in [9.17, 15) is 26.3 Å². The normalized spacial score (nSPS) is 11.2. The highest BCUT2D eigenvalue weighted by Crippen LogP contribution is 2.32. The van der Waals surface area contributed by atoms with Gasteiger partial charge < -0.3 is 15.5 Å². The molecule has 242 valence electrons. The molecule has 17 heteroatoms. The molecule has 3 aromatic heterocycles. The van der Waals surface area contributed by atoms with E-state index in [1.165, 1.54) is 0 Å². The summed E-state index contributed by atoms with van der Waals surface area (Å²) < 4.78 is 65.2. The number of aromatic nitrogens is 6. The SMILES string of the molecule is Cc1ncn(-c2ccc(Nc3ncc4cccc(-c5cncc6ccccc56)c4n3)cc2)n1.O=C(O)C(F)(F)F.O=C(O)C(F)(F)F. The van der Waals surface area contributed by atoms with Crippen molar-refractivity contribution < 1.29 is 46.1 Å². The minimum absolute atomic E-state index is 0.535. The number of carboxylic acid groups (broad SMARTS) is 2. The van der Waals surface area contributed by atoms with Gasteiger partial charge in [-0.2, -0.15) is 31.4 Å². The number of pyridine rings is 1. The van der Waals surface area contributed by atoms with E-state index in [0.29, 0.717) is 5.95 Å². The van der Waals surface area contributed by atoms with Crippen LogP contribution in [0.1, 0.15) is 5.82 Å². The topological polar surface area (TPSA) is 156 Å². The second-order valence-corrected chi connectivity index (χ2v) is 9.36. The van der Waals surface area contributed by atoms with Crippen molar-refractivity contribution in [2.45, 2.75) is 19.3 Å². The molecule has 11 nitrogen and oxygen atoms in total. The fourth-order valence-electron chi connectivity index (χ4n) is 3.96. The summed E-state index contributed by atoms with van der Waals surface area (Å²) >= 11 is 0. The number of hydrogen-bond acceptors (Lipinski definition) is 8. The summed E-state index contributed by atoms with van der Waals surface area (Å²) in [4.78, 5) is 35.8. The van der Waals surface area contributed by atoms with E-state index in [1.807, 2.05) is 74.0 Å². The zero-order chi connectivity index (χ0) is 34.4. The summed E-state index contributed by atoms with van der Waals surface area (Å²) in [5.74, 6) is -4.24. The van der Waals surface area contributed by atoms with Gasteiger partial charge in [-0.1, -0.05) is 42.5 Å². The van der Waals surface area contributed by atoms with Gasteiger partial charge in [0.2, 0.25) is 5.95 Å². The lowest BCUT2D eigenvalue weighted by molar-refractivity contribution is -0.193. The smallest absolute Gasteiger partial charge is 0.475 e. The van der Waals surface area contributed by atoms with Crippen LogP contribution in [0.15, 0.2) is 91.6 Å². The predicted octanol–water partition coefficient (Wildman–Crippen LogP) is 6.74. The van der Waals surface area contributed by atoms with E-state index in [-0.39, 0.29) is 0 Å². The Morgan fingerprint density at radius 3 is 1.96 bits per heavy atom. The maximum absolute atomic E-state index is 10.6. The number of rotatable bonds is 4. The number of alkyl halides is 6. The maximum atomic E-state index is 10.6. The van der Waals surface area contributed by atoms with Crippen molar-refractivity contribution >= 4 is 45.2 Å². The Kier molecular flexibility index (Phi) is 9.97. The first-order valence-electron chi connectivity index (χ1n) is 13.1. The van der Waals surface area contributed by atoms with Gasteiger partial charge >= 0.3 is 24.3 Å². The van der Waals surface area contributed by atoms with Crippen LogP contribution in [-0.4, -0.2) is 64.2 Å². The van der Waals surface area contributed by atoms with E-state index >= 15 is 0 Å². The quantitative estimate of drug-likeness (QED) is 0.174. The summed E-state index contributed by atoms with van der Waals surface area (Å²) in [6, 6.07) is 22.3. The number of carboxylic acids is 2. The van der Waals surface area contributed by atoms with Crippen LogP contribution in [0.25, 0.3) is 38.5 Å². The van der Waals surface area contributed by atoms with E-state index < -0.39 is 24.3 Å². The molecule has 0 amide bonds. The highest BCUT2D eigenvalue weighted by atomic mass is 19.4. The lowest BCUT2D eigenvalue weighted by Gasteiger charge is -2.11. The van der Waals surface area contributed by atoms with E-state index in [2.05, 4.69) is 43.6 Å². The Morgan fingerprint density at radius 1 is 0.745 bits per heavy atom. The average Bonchev–Trinajstić information content (AvgIpc) is 3.46. The molecule has 0 saturated carbocycles. The second-order valence-electron chi connectivity index (χ2n) is 9.36. The molecule has 3 heterocycles. The van der Waals surface area contributed by atoms with Crippen LogP contribution < -0.4 is 5.32 Å². The van der Waals surface area contributed by atoms with Gasteiger partial charge in [-0.25, -0.2) is 29.2 Å². The van der Waals surface area contributed by atoms with Crippen molar-refractivity contribution in [2.75, 3.05) is 5.32 Å². The van der Waals surface area contributed by atoms with Crippen LogP contribution in [0.2, 0.25) is 0 Å². The molecule has 3 aromatic carbocycles. The largest absolute Gasteiger partial charge is 0.490 e. The predicted molar refractivity (Wildman–Crippen MR) is 157 cm³/mol. The molecule has 0 spiro atoms. The van der Waals surface area contributed by atoms with E-state index in [4.69, 9.17) is 24.8 Å². The fourth-order valence-corrected chi connectivity index (χ4v) is 3.96. The van der Waals surface area contributed by atoms with Gasteiger partial charge in [0, 0.05) is 46.2 Å². The second kappa shape index (κ2) is 13.9. The Hall–Kier alpha value is -6.13. The number of aryl methyl sites for hydroxylation is 1. The highest BCUT2D eigenvalue weighted by molar-refractivity contribution is 6.03. The fraction of sp³-hybridized carbons (Fsp3) is 0.100.